The van der Waals surface area contributed by atoms with Gasteiger partial charge in [-0.1, -0.05) is 0 Å². The van der Waals surface area contributed by atoms with Crippen LogP contribution < -0.4 is 0 Å². The van der Waals surface area contributed by atoms with Gasteiger partial charge in [-0.15, -0.1) is 0 Å². The van der Waals surface area contributed by atoms with Crippen LogP contribution >= 0.6 is 0 Å². The molecule has 4 nitrogen and oxygen atoms in total. The lowest BCUT2D eigenvalue weighted by molar-refractivity contribution is -0.135. The topological polar surface area (TPSA) is 38.8 Å². The van der Waals surface area contributed by atoms with Crippen LogP contribution in [0, 0.1) is 0 Å². The number of nitrogens with zero attached hydrogens (tertiary/aromatic N) is 1. The first-order valence-corrected chi connectivity index (χ1v) is 6.55. The molecule has 0 radical (unpaired) electrons. The van der Waals surface area contributed by atoms with Crippen molar-refractivity contribution in [3.8, 4) is 0 Å². The maximum absolute atomic E-state index is 12.2. The normalized spacial score (nSPS) is 33.8. The summed E-state index contributed by atoms with van der Waals surface area (Å²) in [7, 11) is 0. The lowest BCUT2D eigenvalue weighted by Crippen LogP contribution is -2.49. The molecule has 3 rings (SSSR count). The minimum atomic E-state index is -0.266. The van der Waals surface area contributed by atoms with Crippen molar-refractivity contribution in [1.29, 1.82) is 0 Å². The molecule has 2 atom stereocenters. The molecule has 0 aliphatic carbocycles. The van der Waals surface area contributed by atoms with E-state index in [1.807, 2.05) is 0 Å². The Labute approximate surface area is 102 Å². The molecule has 2 unspecified atom stereocenters. The van der Waals surface area contributed by atoms with E-state index in [4.69, 9.17) is 9.47 Å². The third kappa shape index (κ3) is 2.24. The molecule has 0 aromatic carbocycles. The zero-order valence-corrected chi connectivity index (χ0v) is 10.1. The fourth-order valence-electron chi connectivity index (χ4n) is 2.93. The van der Waals surface area contributed by atoms with Gasteiger partial charge in [0.1, 0.15) is 6.10 Å². The molecule has 0 aromatic heterocycles. The van der Waals surface area contributed by atoms with Crippen LogP contribution in [-0.2, 0) is 14.3 Å². The molecular formula is C13H19NO3. The molecule has 0 spiro atoms. The molecule has 2 saturated heterocycles. The second-order valence-electron chi connectivity index (χ2n) is 5.09. The summed E-state index contributed by atoms with van der Waals surface area (Å²) >= 11 is 0. The van der Waals surface area contributed by atoms with Gasteiger partial charge in [0.2, 0.25) is 0 Å². The van der Waals surface area contributed by atoms with Crippen molar-refractivity contribution in [3.63, 3.8) is 0 Å². The first kappa shape index (κ1) is 11.2. The van der Waals surface area contributed by atoms with Crippen LogP contribution in [0.3, 0.4) is 0 Å². The van der Waals surface area contributed by atoms with Crippen LogP contribution in [0.4, 0.5) is 0 Å². The number of hydrogen-bond donors (Lipinski definition) is 0. The molecular weight excluding hydrogens is 218 g/mol. The Balaban J connectivity index is 1.64. The van der Waals surface area contributed by atoms with Crippen molar-refractivity contribution in [1.82, 2.24) is 4.90 Å². The van der Waals surface area contributed by atoms with Gasteiger partial charge in [-0.05, 0) is 32.2 Å². The summed E-state index contributed by atoms with van der Waals surface area (Å²) in [6.07, 6.45) is 5.59. The van der Waals surface area contributed by atoms with E-state index in [-0.39, 0.29) is 11.9 Å². The van der Waals surface area contributed by atoms with E-state index in [2.05, 4.69) is 4.90 Å². The number of hydrogen-bond acceptors (Lipinski definition) is 4. The molecule has 0 bridgehead atoms. The van der Waals surface area contributed by atoms with E-state index >= 15 is 0 Å². The monoisotopic (exact) mass is 237 g/mol. The molecule has 3 aliphatic heterocycles. The molecule has 0 N–H and O–H groups in total. The SMILES string of the molecule is O=C(C1=COCCC1)C1CN2CCCC2CO1. The average Bonchev–Trinajstić information content (AvgIpc) is 2.86. The maximum Gasteiger partial charge on any atom is 0.191 e. The van der Waals surface area contributed by atoms with Crippen molar-refractivity contribution in [2.45, 2.75) is 37.8 Å². The highest BCUT2D eigenvalue weighted by molar-refractivity contribution is 5.98. The van der Waals surface area contributed by atoms with Crippen molar-refractivity contribution in [3.05, 3.63) is 11.8 Å². The first-order valence-electron chi connectivity index (χ1n) is 6.55. The van der Waals surface area contributed by atoms with Crippen molar-refractivity contribution in [2.24, 2.45) is 0 Å². The van der Waals surface area contributed by atoms with Crippen molar-refractivity contribution < 1.29 is 14.3 Å². The predicted octanol–water partition coefficient (Wildman–Crippen LogP) is 1.11. The fourth-order valence-corrected chi connectivity index (χ4v) is 2.93. The summed E-state index contributed by atoms with van der Waals surface area (Å²) in [6.45, 7) is 3.33. The van der Waals surface area contributed by atoms with Gasteiger partial charge in [0.05, 0.1) is 19.5 Å². The van der Waals surface area contributed by atoms with Gasteiger partial charge in [-0.2, -0.15) is 0 Å². The number of ether oxygens (including phenoxy) is 2. The van der Waals surface area contributed by atoms with E-state index in [1.54, 1.807) is 6.26 Å². The second kappa shape index (κ2) is 4.78. The number of carbonyl (C=O) groups is 1. The number of ketones is 1. The van der Waals surface area contributed by atoms with Gasteiger partial charge in [0.15, 0.2) is 5.78 Å². The van der Waals surface area contributed by atoms with Crippen LogP contribution in [0.5, 0.6) is 0 Å². The van der Waals surface area contributed by atoms with E-state index in [0.29, 0.717) is 12.6 Å². The summed E-state index contributed by atoms with van der Waals surface area (Å²) in [5.41, 5.74) is 0.805. The summed E-state index contributed by atoms with van der Waals surface area (Å²) in [6, 6.07) is 0.552. The fraction of sp³-hybridized carbons (Fsp3) is 0.769. The minimum absolute atomic E-state index is 0.134. The number of Topliss-reactive ketones (excluding diaryl/α,β-unsaturated/α-hetero) is 1. The molecule has 17 heavy (non-hydrogen) atoms. The molecule has 3 aliphatic rings. The summed E-state index contributed by atoms with van der Waals surface area (Å²) in [4.78, 5) is 14.6. The lowest BCUT2D eigenvalue weighted by atomic mass is 10.0. The van der Waals surface area contributed by atoms with Crippen LogP contribution in [0.15, 0.2) is 11.8 Å². The molecule has 94 valence electrons. The van der Waals surface area contributed by atoms with Gasteiger partial charge >= 0.3 is 0 Å². The lowest BCUT2D eigenvalue weighted by Gasteiger charge is -2.34. The van der Waals surface area contributed by atoms with Gasteiger partial charge in [0, 0.05) is 18.2 Å². The second-order valence-corrected chi connectivity index (χ2v) is 5.09. The number of carbonyl (C=O) groups excluding carboxylic acids is 1. The minimum Gasteiger partial charge on any atom is -0.501 e. The average molecular weight is 237 g/mol. The highest BCUT2D eigenvalue weighted by atomic mass is 16.5. The standard InChI is InChI=1S/C13H19NO3/c15-13(10-3-2-6-16-8-10)12-7-14-5-1-4-11(14)9-17-12/h8,11-12H,1-7,9H2. The van der Waals surface area contributed by atoms with Gasteiger partial charge in [-0.25, -0.2) is 0 Å². The Bertz CT molecular complexity index is 340. The Morgan fingerprint density at radius 3 is 3.18 bits per heavy atom. The highest BCUT2D eigenvalue weighted by Crippen LogP contribution is 2.25. The van der Waals surface area contributed by atoms with Crippen LogP contribution in [0.2, 0.25) is 0 Å². The quantitative estimate of drug-likeness (QED) is 0.721. The molecule has 0 saturated carbocycles. The largest absolute Gasteiger partial charge is 0.501 e. The molecule has 0 amide bonds. The van der Waals surface area contributed by atoms with Crippen LogP contribution in [-0.4, -0.2) is 49.1 Å². The predicted molar refractivity (Wildman–Crippen MR) is 62.6 cm³/mol. The third-order valence-electron chi connectivity index (χ3n) is 3.93. The highest BCUT2D eigenvalue weighted by Gasteiger charge is 2.36. The Kier molecular flexibility index (Phi) is 3.16. The summed E-state index contributed by atoms with van der Waals surface area (Å²) in [5, 5.41) is 0. The molecule has 0 aromatic rings. The number of rotatable bonds is 2. The molecule has 2 fully saturated rings. The van der Waals surface area contributed by atoms with Crippen LogP contribution in [0.25, 0.3) is 0 Å². The maximum atomic E-state index is 12.2. The van der Waals surface area contributed by atoms with Crippen molar-refractivity contribution in [2.75, 3.05) is 26.3 Å². The van der Waals surface area contributed by atoms with Crippen molar-refractivity contribution >= 4 is 5.78 Å². The van der Waals surface area contributed by atoms with Crippen LogP contribution in [0.1, 0.15) is 25.7 Å². The number of morpholine rings is 1. The van der Waals surface area contributed by atoms with E-state index < -0.39 is 0 Å². The third-order valence-corrected chi connectivity index (χ3v) is 3.93. The zero-order chi connectivity index (χ0) is 11.7. The van der Waals surface area contributed by atoms with Gasteiger partial charge in [-0.3, -0.25) is 9.69 Å². The Morgan fingerprint density at radius 1 is 1.41 bits per heavy atom. The van der Waals surface area contributed by atoms with E-state index in [0.717, 1.165) is 38.1 Å². The summed E-state index contributed by atoms with van der Waals surface area (Å²) in [5.74, 6) is 0.134. The Hall–Kier alpha value is -0.870. The van der Waals surface area contributed by atoms with E-state index in [9.17, 15) is 4.79 Å². The number of fused-ring (bicyclic) bond motifs is 1. The van der Waals surface area contributed by atoms with E-state index in [1.165, 1.54) is 12.8 Å². The zero-order valence-electron chi connectivity index (χ0n) is 10.1. The molecule has 3 heterocycles. The van der Waals surface area contributed by atoms with Gasteiger partial charge < -0.3 is 9.47 Å². The summed E-state index contributed by atoms with van der Waals surface area (Å²) < 4.78 is 10.9. The first-order chi connectivity index (χ1) is 8.34. The van der Waals surface area contributed by atoms with Gasteiger partial charge in [0.25, 0.3) is 0 Å². The molecule has 4 heteroatoms. The Morgan fingerprint density at radius 2 is 2.35 bits per heavy atom. The smallest absolute Gasteiger partial charge is 0.191 e.